The summed E-state index contributed by atoms with van der Waals surface area (Å²) in [5, 5.41) is 5.48. The monoisotopic (exact) mass is 361 g/mol. The predicted molar refractivity (Wildman–Crippen MR) is 92.7 cm³/mol. The van der Waals surface area contributed by atoms with Crippen molar-refractivity contribution >= 4 is 17.8 Å². The lowest BCUT2D eigenvalue weighted by molar-refractivity contribution is -0.135. The molecule has 8 heteroatoms. The zero-order valence-electron chi connectivity index (χ0n) is 15.1. The zero-order chi connectivity index (χ0) is 18.9. The van der Waals surface area contributed by atoms with Crippen molar-refractivity contribution in [2.75, 3.05) is 13.3 Å². The second-order valence-corrected chi connectivity index (χ2v) is 6.77. The van der Waals surface area contributed by atoms with Crippen LogP contribution in [0.3, 0.4) is 0 Å². The molecule has 1 saturated heterocycles. The van der Waals surface area contributed by atoms with Crippen molar-refractivity contribution < 1.29 is 23.9 Å². The Morgan fingerprint density at radius 1 is 1.35 bits per heavy atom. The van der Waals surface area contributed by atoms with Gasteiger partial charge in [0, 0.05) is 6.04 Å². The molecular formula is C18H23N3O5. The van der Waals surface area contributed by atoms with Gasteiger partial charge in [0.25, 0.3) is 5.91 Å². The number of amides is 4. The number of fused-ring (bicyclic) bond motifs is 1. The first kappa shape index (κ1) is 18.0. The first-order valence-corrected chi connectivity index (χ1v) is 8.68. The van der Waals surface area contributed by atoms with Gasteiger partial charge in [-0.15, -0.1) is 0 Å². The molecule has 1 aromatic carbocycles. The van der Waals surface area contributed by atoms with Gasteiger partial charge >= 0.3 is 6.03 Å². The number of nitrogens with one attached hydrogen (secondary N) is 2. The summed E-state index contributed by atoms with van der Waals surface area (Å²) in [6.07, 6.45) is 1.77. The topological polar surface area (TPSA) is 97.0 Å². The van der Waals surface area contributed by atoms with E-state index in [1.165, 1.54) is 0 Å². The van der Waals surface area contributed by atoms with Crippen molar-refractivity contribution in [1.82, 2.24) is 15.5 Å². The van der Waals surface area contributed by atoms with Crippen LogP contribution in [0.4, 0.5) is 4.79 Å². The Bertz CT molecular complexity index is 750. The predicted octanol–water partition coefficient (Wildman–Crippen LogP) is 1.49. The number of imide groups is 1. The average molecular weight is 361 g/mol. The SMILES string of the molecule is CCCC(C)NC(=O)CN1C(=O)NC(C)(c2ccc3c(c2)OCO3)C1=O. The van der Waals surface area contributed by atoms with Crippen LogP contribution in [-0.2, 0) is 15.1 Å². The molecule has 1 aromatic rings. The van der Waals surface area contributed by atoms with Gasteiger partial charge in [-0.2, -0.15) is 0 Å². The maximum Gasteiger partial charge on any atom is 0.325 e. The minimum Gasteiger partial charge on any atom is -0.454 e. The molecule has 8 nitrogen and oxygen atoms in total. The fraction of sp³-hybridized carbons (Fsp3) is 0.500. The second kappa shape index (κ2) is 6.86. The summed E-state index contributed by atoms with van der Waals surface area (Å²) in [6, 6.07) is 4.48. The van der Waals surface area contributed by atoms with Gasteiger partial charge in [-0.3, -0.25) is 14.5 Å². The molecule has 0 spiro atoms. The lowest BCUT2D eigenvalue weighted by atomic mass is 9.91. The van der Waals surface area contributed by atoms with Crippen LogP contribution in [0.5, 0.6) is 11.5 Å². The first-order chi connectivity index (χ1) is 12.3. The van der Waals surface area contributed by atoms with E-state index in [1.807, 2.05) is 13.8 Å². The summed E-state index contributed by atoms with van der Waals surface area (Å²) in [7, 11) is 0. The van der Waals surface area contributed by atoms with Crippen molar-refractivity contribution in [2.24, 2.45) is 0 Å². The van der Waals surface area contributed by atoms with Crippen LogP contribution in [0.25, 0.3) is 0 Å². The van der Waals surface area contributed by atoms with Gasteiger partial charge in [0.05, 0.1) is 0 Å². The van der Waals surface area contributed by atoms with E-state index in [-0.39, 0.29) is 25.3 Å². The van der Waals surface area contributed by atoms with Crippen molar-refractivity contribution in [3.8, 4) is 11.5 Å². The molecule has 0 aliphatic carbocycles. The maximum absolute atomic E-state index is 12.9. The lowest BCUT2D eigenvalue weighted by Crippen LogP contribution is -2.44. The van der Waals surface area contributed by atoms with Gasteiger partial charge in [-0.25, -0.2) is 4.79 Å². The highest BCUT2D eigenvalue weighted by Crippen LogP contribution is 2.37. The molecule has 0 saturated carbocycles. The molecule has 2 atom stereocenters. The van der Waals surface area contributed by atoms with E-state index in [9.17, 15) is 14.4 Å². The number of carbonyl (C=O) groups excluding carboxylic acids is 3. The summed E-state index contributed by atoms with van der Waals surface area (Å²) in [5.41, 5.74) is -0.685. The fourth-order valence-corrected chi connectivity index (χ4v) is 3.21. The third-order valence-corrected chi connectivity index (χ3v) is 4.66. The van der Waals surface area contributed by atoms with E-state index >= 15 is 0 Å². The number of nitrogens with zero attached hydrogens (tertiary/aromatic N) is 1. The van der Waals surface area contributed by atoms with Crippen molar-refractivity contribution in [3.05, 3.63) is 23.8 Å². The molecule has 2 aliphatic heterocycles. The number of benzene rings is 1. The Kier molecular flexibility index (Phi) is 4.76. The molecule has 0 bridgehead atoms. The number of hydrogen-bond donors (Lipinski definition) is 2. The summed E-state index contributed by atoms with van der Waals surface area (Å²) >= 11 is 0. The standard InChI is InChI=1S/C18H23N3O5/c1-4-5-11(2)19-15(22)9-21-16(23)18(3,20-17(21)24)12-6-7-13-14(8-12)26-10-25-13/h6-8,11H,4-5,9-10H2,1-3H3,(H,19,22)(H,20,24). The molecule has 2 aliphatic rings. The van der Waals surface area contributed by atoms with E-state index in [0.717, 1.165) is 17.7 Å². The molecule has 4 amide bonds. The van der Waals surface area contributed by atoms with Gasteiger partial charge in [-0.1, -0.05) is 19.4 Å². The van der Waals surface area contributed by atoms with Gasteiger partial charge in [0.15, 0.2) is 11.5 Å². The van der Waals surface area contributed by atoms with E-state index in [4.69, 9.17) is 9.47 Å². The van der Waals surface area contributed by atoms with Gasteiger partial charge < -0.3 is 20.1 Å². The van der Waals surface area contributed by atoms with Crippen molar-refractivity contribution in [1.29, 1.82) is 0 Å². The number of urea groups is 1. The Hall–Kier alpha value is -2.77. The Morgan fingerprint density at radius 3 is 2.81 bits per heavy atom. The fourth-order valence-electron chi connectivity index (χ4n) is 3.21. The Morgan fingerprint density at radius 2 is 2.08 bits per heavy atom. The van der Waals surface area contributed by atoms with Crippen LogP contribution in [-0.4, -0.2) is 42.1 Å². The van der Waals surface area contributed by atoms with Gasteiger partial charge in [0.2, 0.25) is 12.7 Å². The zero-order valence-corrected chi connectivity index (χ0v) is 15.1. The number of ether oxygens (including phenoxy) is 2. The highest BCUT2D eigenvalue weighted by molar-refractivity contribution is 6.09. The van der Waals surface area contributed by atoms with Crippen molar-refractivity contribution in [3.63, 3.8) is 0 Å². The number of hydrogen-bond acceptors (Lipinski definition) is 5. The smallest absolute Gasteiger partial charge is 0.325 e. The molecule has 140 valence electrons. The highest BCUT2D eigenvalue weighted by atomic mass is 16.7. The molecule has 2 heterocycles. The molecule has 0 radical (unpaired) electrons. The van der Waals surface area contributed by atoms with Crippen LogP contribution >= 0.6 is 0 Å². The second-order valence-electron chi connectivity index (χ2n) is 6.77. The molecule has 2 N–H and O–H groups in total. The molecule has 2 unspecified atom stereocenters. The minimum atomic E-state index is -1.26. The molecular weight excluding hydrogens is 338 g/mol. The molecule has 1 fully saturated rings. The number of rotatable bonds is 6. The van der Waals surface area contributed by atoms with E-state index < -0.39 is 17.5 Å². The van der Waals surface area contributed by atoms with Gasteiger partial charge in [-0.05, 0) is 38.0 Å². The molecule has 0 aromatic heterocycles. The quantitative estimate of drug-likeness (QED) is 0.748. The largest absolute Gasteiger partial charge is 0.454 e. The summed E-state index contributed by atoms with van der Waals surface area (Å²) in [4.78, 5) is 38.3. The highest BCUT2D eigenvalue weighted by Gasteiger charge is 2.49. The van der Waals surface area contributed by atoms with E-state index in [2.05, 4.69) is 10.6 Å². The van der Waals surface area contributed by atoms with Crippen LogP contribution < -0.4 is 20.1 Å². The lowest BCUT2D eigenvalue weighted by Gasteiger charge is -2.22. The Labute approximate surface area is 151 Å². The molecule has 26 heavy (non-hydrogen) atoms. The van der Waals surface area contributed by atoms with Crippen LogP contribution in [0.1, 0.15) is 39.2 Å². The summed E-state index contributed by atoms with van der Waals surface area (Å²) in [6.45, 7) is 5.35. The maximum atomic E-state index is 12.9. The normalized spacial score (nSPS) is 22.3. The van der Waals surface area contributed by atoms with E-state index in [0.29, 0.717) is 17.1 Å². The summed E-state index contributed by atoms with van der Waals surface area (Å²) < 4.78 is 10.6. The van der Waals surface area contributed by atoms with E-state index in [1.54, 1.807) is 25.1 Å². The van der Waals surface area contributed by atoms with Crippen LogP contribution in [0.2, 0.25) is 0 Å². The van der Waals surface area contributed by atoms with Crippen molar-refractivity contribution in [2.45, 2.75) is 45.2 Å². The minimum absolute atomic E-state index is 0.00601. The average Bonchev–Trinajstić information content (AvgIpc) is 3.13. The third kappa shape index (κ3) is 3.18. The van der Waals surface area contributed by atoms with Crippen LogP contribution in [0.15, 0.2) is 18.2 Å². The number of carbonyl (C=O) groups is 3. The summed E-state index contributed by atoms with van der Waals surface area (Å²) in [5.74, 6) is 0.287. The Balaban J connectivity index is 1.74. The molecule has 3 rings (SSSR count). The third-order valence-electron chi connectivity index (χ3n) is 4.66. The first-order valence-electron chi connectivity index (χ1n) is 8.68. The van der Waals surface area contributed by atoms with Gasteiger partial charge in [0.1, 0.15) is 12.1 Å². The van der Waals surface area contributed by atoms with Crippen LogP contribution in [0, 0.1) is 0 Å².